The Morgan fingerprint density at radius 2 is 2.12 bits per heavy atom. The molecule has 3 heterocycles. The molecule has 134 valence electrons. The summed E-state index contributed by atoms with van der Waals surface area (Å²) < 4.78 is 1.98. The highest BCUT2D eigenvalue weighted by Gasteiger charge is 2.22. The number of rotatable bonds is 4. The lowest BCUT2D eigenvalue weighted by atomic mass is 10.2. The first-order valence-corrected chi connectivity index (χ1v) is 9.61. The van der Waals surface area contributed by atoms with Crippen molar-refractivity contribution in [2.75, 3.05) is 11.4 Å². The van der Waals surface area contributed by atoms with Gasteiger partial charge in [-0.25, -0.2) is 4.99 Å². The van der Waals surface area contributed by atoms with Gasteiger partial charge in [0.1, 0.15) is 12.4 Å². The Bertz CT molecular complexity index is 912. The summed E-state index contributed by atoms with van der Waals surface area (Å²) in [6.07, 6.45) is 1.04. The van der Waals surface area contributed by atoms with E-state index in [0.717, 1.165) is 37.1 Å². The lowest BCUT2D eigenvalue weighted by Crippen LogP contribution is -2.40. The maximum Gasteiger partial charge on any atom is 0.199 e. The van der Waals surface area contributed by atoms with Crippen molar-refractivity contribution in [2.45, 2.75) is 26.4 Å². The van der Waals surface area contributed by atoms with Crippen LogP contribution in [0.25, 0.3) is 0 Å². The maximum absolute atomic E-state index is 4.86. The number of aromatic nitrogens is 3. The largest absolute Gasteiger partial charge is 0.351 e. The second-order valence-electron chi connectivity index (χ2n) is 6.33. The number of guanidine groups is 1. The molecule has 0 spiro atoms. The summed E-state index contributed by atoms with van der Waals surface area (Å²) in [5.74, 6) is 2.66. The number of nitrogens with one attached hydrogen (secondary N) is 1. The van der Waals surface area contributed by atoms with Crippen molar-refractivity contribution in [3.05, 3.63) is 63.9 Å². The van der Waals surface area contributed by atoms with Crippen LogP contribution in [0.5, 0.6) is 0 Å². The molecule has 0 radical (unpaired) electrons. The molecule has 26 heavy (non-hydrogen) atoms. The molecule has 6 nitrogen and oxygen atoms in total. The summed E-state index contributed by atoms with van der Waals surface area (Å²) in [4.78, 5) is 8.42. The number of aryl methyl sites for hydroxylation is 1. The van der Waals surface area contributed by atoms with E-state index >= 15 is 0 Å². The van der Waals surface area contributed by atoms with Gasteiger partial charge in [-0.15, -0.1) is 21.5 Å². The highest BCUT2D eigenvalue weighted by molar-refractivity contribution is 7.09. The van der Waals surface area contributed by atoms with Gasteiger partial charge in [0, 0.05) is 24.2 Å². The van der Waals surface area contributed by atoms with E-state index in [1.54, 1.807) is 11.3 Å². The van der Waals surface area contributed by atoms with Gasteiger partial charge in [-0.2, -0.15) is 0 Å². The Hall–Kier alpha value is -2.67. The fourth-order valence-corrected chi connectivity index (χ4v) is 3.75. The molecule has 0 aliphatic carbocycles. The first kappa shape index (κ1) is 16.8. The van der Waals surface area contributed by atoms with Crippen molar-refractivity contribution in [2.24, 2.45) is 12.0 Å². The highest BCUT2D eigenvalue weighted by Crippen LogP contribution is 2.27. The van der Waals surface area contributed by atoms with Gasteiger partial charge in [0.05, 0.1) is 6.54 Å². The van der Waals surface area contributed by atoms with Gasteiger partial charge in [0.25, 0.3) is 0 Å². The normalized spacial score (nSPS) is 13.9. The van der Waals surface area contributed by atoms with Crippen LogP contribution in [0, 0.1) is 6.92 Å². The average Bonchev–Trinajstić information content (AvgIpc) is 3.38. The van der Waals surface area contributed by atoms with E-state index in [1.807, 2.05) is 18.5 Å². The van der Waals surface area contributed by atoms with Crippen molar-refractivity contribution in [1.82, 2.24) is 20.1 Å². The van der Waals surface area contributed by atoms with Crippen LogP contribution in [0.1, 0.15) is 22.1 Å². The van der Waals surface area contributed by atoms with E-state index < -0.39 is 0 Å². The van der Waals surface area contributed by atoms with E-state index in [2.05, 4.69) is 62.2 Å². The van der Waals surface area contributed by atoms with E-state index in [9.17, 15) is 0 Å². The van der Waals surface area contributed by atoms with Crippen molar-refractivity contribution in [3.63, 3.8) is 0 Å². The molecule has 4 rings (SSSR count). The molecular formula is C19H22N6S. The first-order valence-electron chi connectivity index (χ1n) is 8.73. The Morgan fingerprint density at radius 3 is 2.88 bits per heavy atom. The number of para-hydroxylation sites is 1. The summed E-state index contributed by atoms with van der Waals surface area (Å²) in [7, 11) is 1.98. The standard InChI is InChI=1S/C19H22N6S/c1-14-22-23-18(24(14)2)13-21-19(20-12-16-7-5-11-26-16)25-10-9-15-6-3-4-8-17(15)25/h3-8,11H,9-10,12-13H2,1-2H3,(H,20,21). The minimum absolute atomic E-state index is 0.503. The van der Waals surface area contributed by atoms with Crippen LogP contribution >= 0.6 is 11.3 Å². The molecule has 7 heteroatoms. The zero-order chi connectivity index (χ0) is 17.9. The van der Waals surface area contributed by atoms with Gasteiger partial charge in [0.2, 0.25) is 0 Å². The monoisotopic (exact) mass is 366 g/mol. The van der Waals surface area contributed by atoms with Crippen molar-refractivity contribution in [1.29, 1.82) is 0 Å². The minimum atomic E-state index is 0.503. The Morgan fingerprint density at radius 1 is 1.23 bits per heavy atom. The number of aliphatic imine (C=N–C) groups is 1. The van der Waals surface area contributed by atoms with Crippen molar-refractivity contribution < 1.29 is 0 Å². The maximum atomic E-state index is 4.86. The van der Waals surface area contributed by atoms with Gasteiger partial charge in [0.15, 0.2) is 11.8 Å². The van der Waals surface area contributed by atoms with Gasteiger partial charge in [-0.1, -0.05) is 24.3 Å². The summed E-state index contributed by atoms with van der Waals surface area (Å²) in [5.41, 5.74) is 2.60. The lowest BCUT2D eigenvalue weighted by Gasteiger charge is -2.22. The highest BCUT2D eigenvalue weighted by atomic mass is 32.1. The third-order valence-electron chi connectivity index (χ3n) is 4.70. The summed E-state index contributed by atoms with van der Waals surface area (Å²) in [6, 6.07) is 12.8. The fourth-order valence-electron chi connectivity index (χ4n) is 3.11. The van der Waals surface area contributed by atoms with Gasteiger partial charge < -0.3 is 14.8 Å². The molecule has 2 aromatic heterocycles. The molecule has 0 unspecified atom stereocenters. The summed E-state index contributed by atoms with van der Waals surface area (Å²) >= 11 is 1.75. The molecule has 0 amide bonds. The van der Waals surface area contributed by atoms with Crippen LogP contribution in [0.4, 0.5) is 5.69 Å². The van der Waals surface area contributed by atoms with E-state index in [1.165, 1.54) is 16.1 Å². The predicted octanol–water partition coefficient (Wildman–Crippen LogP) is 2.89. The smallest absolute Gasteiger partial charge is 0.199 e. The van der Waals surface area contributed by atoms with E-state index in [0.29, 0.717) is 6.54 Å². The van der Waals surface area contributed by atoms with Gasteiger partial charge in [-0.3, -0.25) is 0 Å². The number of thiophene rings is 1. The van der Waals surface area contributed by atoms with E-state index in [-0.39, 0.29) is 0 Å². The minimum Gasteiger partial charge on any atom is -0.351 e. The van der Waals surface area contributed by atoms with Crippen LogP contribution in [0.2, 0.25) is 0 Å². The summed E-state index contributed by atoms with van der Waals surface area (Å²) in [5, 5.41) is 14.0. The topological polar surface area (TPSA) is 58.3 Å². The molecule has 0 saturated heterocycles. The quantitative estimate of drug-likeness (QED) is 0.570. The number of anilines is 1. The third-order valence-corrected chi connectivity index (χ3v) is 5.57. The molecule has 1 aliphatic heterocycles. The Labute approximate surface area is 157 Å². The first-order chi connectivity index (χ1) is 12.7. The second-order valence-corrected chi connectivity index (χ2v) is 7.36. The molecule has 0 saturated carbocycles. The zero-order valence-corrected chi connectivity index (χ0v) is 15.8. The molecule has 1 aliphatic rings. The van der Waals surface area contributed by atoms with Crippen molar-refractivity contribution in [3.8, 4) is 0 Å². The molecule has 3 aromatic rings. The average molecular weight is 366 g/mol. The second kappa shape index (κ2) is 7.29. The Kier molecular flexibility index (Phi) is 4.71. The Balaban J connectivity index is 1.59. The van der Waals surface area contributed by atoms with Crippen molar-refractivity contribution >= 4 is 23.0 Å². The lowest BCUT2D eigenvalue weighted by molar-refractivity contribution is 0.764. The van der Waals surface area contributed by atoms with Crippen LogP contribution < -0.4 is 10.2 Å². The van der Waals surface area contributed by atoms with Crippen LogP contribution in [-0.4, -0.2) is 27.3 Å². The van der Waals surface area contributed by atoms with Gasteiger partial charge >= 0.3 is 0 Å². The molecular weight excluding hydrogens is 344 g/mol. The number of benzene rings is 1. The SMILES string of the molecule is Cc1nnc(CN=C(NCc2cccs2)N2CCc3ccccc32)n1C. The fraction of sp³-hybridized carbons (Fsp3) is 0.316. The van der Waals surface area contributed by atoms with Crippen LogP contribution in [0.15, 0.2) is 46.8 Å². The van der Waals surface area contributed by atoms with Crippen LogP contribution in [0.3, 0.4) is 0 Å². The van der Waals surface area contributed by atoms with E-state index in [4.69, 9.17) is 4.99 Å². The molecule has 0 bridgehead atoms. The zero-order valence-electron chi connectivity index (χ0n) is 15.0. The molecule has 0 atom stereocenters. The van der Waals surface area contributed by atoms with Gasteiger partial charge in [-0.05, 0) is 36.4 Å². The predicted molar refractivity (Wildman–Crippen MR) is 106 cm³/mol. The summed E-state index contributed by atoms with van der Waals surface area (Å²) in [6.45, 7) is 4.16. The number of nitrogens with zero attached hydrogens (tertiary/aromatic N) is 5. The third kappa shape index (κ3) is 3.35. The number of hydrogen-bond acceptors (Lipinski definition) is 4. The number of hydrogen-bond donors (Lipinski definition) is 1. The number of fused-ring (bicyclic) bond motifs is 1. The molecule has 1 N–H and O–H groups in total. The van der Waals surface area contributed by atoms with Crippen LogP contribution in [-0.2, 0) is 26.6 Å². The molecule has 1 aromatic carbocycles. The molecule has 0 fully saturated rings.